The summed E-state index contributed by atoms with van der Waals surface area (Å²) in [5.74, 6) is 0. The molecule has 0 aliphatic carbocycles. The molecule has 1 heterocycles. The maximum absolute atomic E-state index is 10.4. The van der Waals surface area contributed by atoms with Crippen LogP contribution in [-0.4, -0.2) is 39.2 Å². The minimum atomic E-state index is -4.27. The van der Waals surface area contributed by atoms with E-state index in [-0.39, 0.29) is 4.90 Å². The first kappa shape index (κ1) is 22.8. The number of quaternary nitrogens is 1. The molecule has 0 bridgehead atoms. The monoisotopic (exact) mass is 438 g/mol. The summed E-state index contributed by atoms with van der Waals surface area (Å²) in [6.45, 7) is 2.41. The Morgan fingerprint density at radius 2 is 1.65 bits per heavy atom. The van der Waals surface area contributed by atoms with Crippen LogP contribution in [0.1, 0.15) is 11.1 Å². The number of aryl methyl sites for hydroxylation is 1. The molecule has 31 heavy (non-hydrogen) atoms. The van der Waals surface area contributed by atoms with Gasteiger partial charge in [-0.1, -0.05) is 35.9 Å². The molecular formula is C24H26N2O4S. The molecule has 0 spiro atoms. The number of fused-ring (bicyclic) bond motifs is 2. The highest BCUT2D eigenvalue weighted by Crippen LogP contribution is 2.26. The number of hydrogen-bond acceptors (Lipinski definition) is 5. The fourth-order valence-electron chi connectivity index (χ4n) is 3.37. The minimum absolute atomic E-state index is 0.178. The average Bonchev–Trinajstić information content (AvgIpc) is 2.73. The van der Waals surface area contributed by atoms with Gasteiger partial charge >= 0.3 is 0 Å². The van der Waals surface area contributed by atoms with Crippen LogP contribution in [0.4, 0.5) is 5.69 Å². The van der Waals surface area contributed by atoms with Crippen molar-refractivity contribution in [3.05, 3.63) is 77.9 Å². The molecule has 4 aromatic rings. The van der Waals surface area contributed by atoms with Crippen molar-refractivity contribution >= 4 is 37.6 Å². The van der Waals surface area contributed by atoms with Crippen molar-refractivity contribution < 1.29 is 22.6 Å². The zero-order chi connectivity index (χ0) is 22.6. The molecule has 0 saturated carbocycles. The normalized spacial score (nSPS) is 11.5. The summed E-state index contributed by atoms with van der Waals surface area (Å²) in [5.41, 5.74) is 5.42. The number of hydrogen-bond donors (Lipinski definition) is 1. The van der Waals surface area contributed by atoms with E-state index in [4.69, 9.17) is 9.72 Å². The third-order valence-electron chi connectivity index (χ3n) is 4.93. The molecule has 7 heteroatoms. The van der Waals surface area contributed by atoms with Crippen LogP contribution in [0.15, 0.2) is 71.6 Å². The summed E-state index contributed by atoms with van der Waals surface area (Å²) in [7, 11) is 1.71. The molecule has 4 rings (SSSR count). The maximum Gasteiger partial charge on any atom is 0.138 e. The van der Waals surface area contributed by atoms with E-state index in [1.54, 1.807) is 19.2 Å². The van der Waals surface area contributed by atoms with Crippen LogP contribution in [-0.2, 0) is 21.5 Å². The van der Waals surface area contributed by atoms with Crippen LogP contribution in [0.25, 0.3) is 21.8 Å². The lowest BCUT2D eigenvalue weighted by molar-refractivity contribution is -0.786. The van der Waals surface area contributed by atoms with Crippen molar-refractivity contribution in [2.24, 2.45) is 0 Å². The Morgan fingerprint density at radius 1 is 0.968 bits per heavy atom. The van der Waals surface area contributed by atoms with Crippen LogP contribution in [0.3, 0.4) is 0 Å². The second kappa shape index (κ2) is 9.53. The number of para-hydroxylation sites is 1. The first-order valence-electron chi connectivity index (χ1n) is 9.84. The number of nitrogens with zero attached hydrogens (tertiary/aromatic N) is 1. The highest BCUT2D eigenvalue weighted by molar-refractivity contribution is 7.85. The van der Waals surface area contributed by atoms with Crippen molar-refractivity contribution in [2.75, 3.05) is 21.2 Å². The highest BCUT2D eigenvalue weighted by atomic mass is 32.2. The summed E-state index contributed by atoms with van der Waals surface area (Å²) in [6.07, 6.45) is 0. The smallest absolute Gasteiger partial charge is 0.138 e. The van der Waals surface area contributed by atoms with Gasteiger partial charge in [-0.05, 0) is 37.3 Å². The third-order valence-corrected chi connectivity index (χ3v) is 5.78. The number of benzene rings is 3. The van der Waals surface area contributed by atoms with E-state index in [1.807, 2.05) is 19.1 Å². The summed E-state index contributed by atoms with van der Waals surface area (Å²) in [6, 6.07) is 20.5. The zero-order valence-corrected chi connectivity index (χ0v) is 18.9. The fraction of sp³-hybridized carbons (Fsp3) is 0.208. The van der Waals surface area contributed by atoms with Crippen LogP contribution in [0.2, 0.25) is 0 Å². The molecule has 1 aromatic heterocycles. The van der Waals surface area contributed by atoms with E-state index in [0.717, 1.165) is 16.6 Å². The number of methoxy groups -OCH3 is 1. The lowest BCUT2D eigenvalue weighted by atomic mass is 10.0. The van der Waals surface area contributed by atoms with Gasteiger partial charge in [-0.2, -0.15) is 0 Å². The average molecular weight is 439 g/mol. The Hall–Kier alpha value is -2.84. The lowest BCUT2D eigenvalue weighted by Crippen LogP contribution is -3.00. The van der Waals surface area contributed by atoms with Gasteiger partial charge in [-0.3, -0.25) is 0 Å². The number of aromatic nitrogens is 1. The summed E-state index contributed by atoms with van der Waals surface area (Å²) < 4.78 is 36.6. The Bertz CT molecular complexity index is 1300. The number of ether oxygens (including phenoxy) is 1. The number of nitrogens with one attached hydrogen (secondary N) is 1. The van der Waals surface area contributed by atoms with Crippen LogP contribution in [0, 0.1) is 6.92 Å². The standard InChI is InChI=1S/C17H18N2O.C7H8O3S/c1-19(2)16-9-8-13-10-12-6-4-5-7-15(12)18-17(13)14(16)11-20-3;1-6-2-4-7(5-3-6)11(8,9)10/h4-10H,11H2,1-3H3;2-5H,1H3,(H,8,9,10). The van der Waals surface area contributed by atoms with Crippen molar-refractivity contribution in [1.29, 1.82) is 0 Å². The number of pyridine rings is 1. The Kier molecular flexibility index (Phi) is 7.02. The molecule has 0 amide bonds. The van der Waals surface area contributed by atoms with Gasteiger partial charge in [0.25, 0.3) is 0 Å². The Labute approximate surface area is 182 Å². The first-order valence-corrected chi connectivity index (χ1v) is 11.2. The molecule has 0 saturated heterocycles. The molecule has 0 aliphatic rings. The molecule has 0 radical (unpaired) electrons. The molecule has 0 fully saturated rings. The van der Waals surface area contributed by atoms with Crippen LogP contribution >= 0.6 is 0 Å². The third kappa shape index (κ3) is 5.45. The fourth-order valence-corrected chi connectivity index (χ4v) is 3.84. The largest absolute Gasteiger partial charge is 0.744 e. The molecule has 3 aromatic carbocycles. The summed E-state index contributed by atoms with van der Waals surface area (Å²) >= 11 is 0. The quantitative estimate of drug-likeness (QED) is 0.391. The highest BCUT2D eigenvalue weighted by Gasteiger charge is 2.14. The van der Waals surface area contributed by atoms with Crippen molar-refractivity contribution in [3.8, 4) is 0 Å². The summed E-state index contributed by atoms with van der Waals surface area (Å²) in [5, 5.41) is 2.34. The van der Waals surface area contributed by atoms with E-state index in [0.29, 0.717) is 6.61 Å². The van der Waals surface area contributed by atoms with Gasteiger partial charge in [-0.25, -0.2) is 13.4 Å². The molecular weight excluding hydrogens is 412 g/mol. The van der Waals surface area contributed by atoms with Gasteiger partial charge in [0, 0.05) is 23.9 Å². The second-order valence-corrected chi connectivity index (χ2v) is 8.92. The SMILES string of the molecule is COCc1c([NH+](C)C)ccc2cc3ccccc3nc12.Cc1ccc(S(=O)(=O)[O-])cc1. The van der Waals surface area contributed by atoms with E-state index in [9.17, 15) is 13.0 Å². The van der Waals surface area contributed by atoms with Crippen molar-refractivity contribution in [2.45, 2.75) is 18.4 Å². The maximum atomic E-state index is 10.4. The Morgan fingerprint density at radius 3 is 2.26 bits per heavy atom. The predicted molar refractivity (Wildman–Crippen MR) is 122 cm³/mol. The van der Waals surface area contributed by atoms with E-state index >= 15 is 0 Å². The lowest BCUT2D eigenvalue weighted by Gasteiger charge is -2.14. The topological polar surface area (TPSA) is 83.8 Å². The van der Waals surface area contributed by atoms with Gasteiger partial charge < -0.3 is 14.2 Å². The van der Waals surface area contributed by atoms with Crippen molar-refractivity contribution in [3.63, 3.8) is 0 Å². The molecule has 0 aliphatic heterocycles. The first-order chi connectivity index (χ1) is 14.7. The molecule has 6 nitrogen and oxygen atoms in total. The Balaban J connectivity index is 0.000000210. The van der Waals surface area contributed by atoms with Gasteiger partial charge in [-0.15, -0.1) is 0 Å². The summed E-state index contributed by atoms with van der Waals surface area (Å²) in [4.78, 5) is 5.95. The van der Waals surface area contributed by atoms with E-state index in [1.165, 1.54) is 39.1 Å². The van der Waals surface area contributed by atoms with Gasteiger partial charge in [0.05, 0.1) is 42.2 Å². The molecule has 162 valence electrons. The van der Waals surface area contributed by atoms with Crippen LogP contribution in [0.5, 0.6) is 0 Å². The van der Waals surface area contributed by atoms with E-state index in [2.05, 4.69) is 44.4 Å². The predicted octanol–water partition coefficient (Wildman–Crippen LogP) is 3.21. The second-order valence-electron chi connectivity index (χ2n) is 7.54. The van der Waals surface area contributed by atoms with Gasteiger partial charge in [0.1, 0.15) is 15.8 Å². The van der Waals surface area contributed by atoms with Gasteiger partial charge in [0.15, 0.2) is 0 Å². The minimum Gasteiger partial charge on any atom is -0.744 e. The molecule has 0 atom stereocenters. The number of rotatable bonds is 4. The zero-order valence-electron chi connectivity index (χ0n) is 18.0. The van der Waals surface area contributed by atoms with Crippen molar-refractivity contribution in [1.82, 2.24) is 4.98 Å². The molecule has 0 unspecified atom stereocenters. The van der Waals surface area contributed by atoms with E-state index < -0.39 is 10.1 Å². The van der Waals surface area contributed by atoms with Crippen LogP contribution < -0.4 is 4.90 Å². The molecule has 1 N–H and O–H groups in total. The van der Waals surface area contributed by atoms with Gasteiger partial charge in [0.2, 0.25) is 0 Å².